The summed E-state index contributed by atoms with van der Waals surface area (Å²) in [5, 5.41) is 2.95. The second-order valence-corrected chi connectivity index (χ2v) is 6.86. The van der Waals surface area contributed by atoms with E-state index in [-0.39, 0.29) is 18.3 Å². The number of ether oxygens (including phenoxy) is 1. The first-order valence-corrected chi connectivity index (χ1v) is 8.94. The van der Waals surface area contributed by atoms with Crippen molar-refractivity contribution in [3.05, 3.63) is 41.2 Å². The quantitative estimate of drug-likeness (QED) is 0.746. The SMILES string of the molecule is COc1ccc(NC(=O)c2cc(C)n(C3CCCCC3)c2C)cc1N.Cl. The van der Waals surface area contributed by atoms with E-state index in [2.05, 4.69) is 16.8 Å². The molecule has 0 spiro atoms. The number of nitrogens with zero attached hydrogens (tertiary/aromatic N) is 1. The molecule has 5 nitrogen and oxygen atoms in total. The first-order chi connectivity index (χ1) is 12.0. The maximum Gasteiger partial charge on any atom is 0.257 e. The van der Waals surface area contributed by atoms with Crippen LogP contribution in [-0.4, -0.2) is 17.6 Å². The molecular formula is C20H28ClN3O2. The second-order valence-electron chi connectivity index (χ2n) is 6.86. The number of aryl methyl sites for hydroxylation is 1. The number of amides is 1. The van der Waals surface area contributed by atoms with Crippen LogP contribution >= 0.6 is 12.4 Å². The van der Waals surface area contributed by atoms with E-state index in [4.69, 9.17) is 10.5 Å². The molecule has 1 aromatic heterocycles. The number of nitrogens with two attached hydrogens (primary N) is 1. The Morgan fingerprint density at radius 1 is 1.19 bits per heavy atom. The molecule has 3 rings (SSSR count). The standard InChI is InChI=1S/C20H27N3O2.ClH/c1-13-11-17(14(2)23(13)16-7-5-4-6-8-16)20(24)22-15-9-10-19(25-3)18(21)12-15;/h9-12,16H,4-8,21H2,1-3H3,(H,22,24);1H. The van der Waals surface area contributed by atoms with Gasteiger partial charge in [-0.1, -0.05) is 19.3 Å². The Morgan fingerprint density at radius 2 is 1.88 bits per heavy atom. The number of hydrogen-bond acceptors (Lipinski definition) is 3. The number of nitrogens with one attached hydrogen (secondary N) is 1. The molecule has 2 aromatic rings. The van der Waals surface area contributed by atoms with Gasteiger partial charge in [0.2, 0.25) is 0 Å². The third-order valence-corrected chi connectivity index (χ3v) is 5.16. The number of rotatable bonds is 4. The molecule has 1 saturated carbocycles. The Labute approximate surface area is 161 Å². The summed E-state index contributed by atoms with van der Waals surface area (Å²) in [5.74, 6) is 0.508. The van der Waals surface area contributed by atoms with Gasteiger partial charge in [0.1, 0.15) is 5.75 Å². The molecule has 1 fully saturated rings. The lowest BCUT2D eigenvalue weighted by Crippen LogP contribution is -2.17. The molecule has 1 aliphatic rings. The van der Waals surface area contributed by atoms with Crippen LogP contribution in [-0.2, 0) is 0 Å². The van der Waals surface area contributed by atoms with Crippen LogP contribution in [0, 0.1) is 13.8 Å². The van der Waals surface area contributed by atoms with Crippen molar-refractivity contribution in [2.45, 2.75) is 52.0 Å². The summed E-state index contributed by atoms with van der Waals surface area (Å²) in [4.78, 5) is 12.8. The number of nitrogen functional groups attached to an aromatic ring is 1. The van der Waals surface area contributed by atoms with E-state index < -0.39 is 0 Å². The maximum atomic E-state index is 12.8. The Morgan fingerprint density at radius 3 is 2.50 bits per heavy atom. The molecule has 1 amide bonds. The molecule has 26 heavy (non-hydrogen) atoms. The minimum atomic E-state index is -0.0975. The average Bonchev–Trinajstić information content (AvgIpc) is 2.90. The Bertz CT molecular complexity index is 780. The van der Waals surface area contributed by atoms with Gasteiger partial charge < -0.3 is 20.4 Å². The zero-order valence-corrected chi connectivity index (χ0v) is 16.5. The third kappa shape index (κ3) is 3.98. The van der Waals surface area contributed by atoms with Crippen LogP contribution in [0.15, 0.2) is 24.3 Å². The lowest BCUT2D eigenvalue weighted by atomic mass is 9.95. The number of benzene rings is 1. The summed E-state index contributed by atoms with van der Waals surface area (Å²) >= 11 is 0. The summed E-state index contributed by atoms with van der Waals surface area (Å²) in [5.41, 5.74) is 10.0. The van der Waals surface area contributed by atoms with Crippen molar-refractivity contribution >= 4 is 29.7 Å². The summed E-state index contributed by atoms with van der Waals surface area (Å²) < 4.78 is 7.50. The molecule has 0 atom stereocenters. The van der Waals surface area contributed by atoms with Gasteiger partial charge in [0.15, 0.2) is 0 Å². The van der Waals surface area contributed by atoms with Crippen molar-refractivity contribution in [2.24, 2.45) is 0 Å². The van der Waals surface area contributed by atoms with Gasteiger partial charge in [-0.3, -0.25) is 4.79 Å². The van der Waals surface area contributed by atoms with Crippen molar-refractivity contribution in [1.29, 1.82) is 0 Å². The van der Waals surface area contributed by atoms with Gasteiger partial charge in [-0.2, -0.15) is 0 Å². The molecule has 6 heteroatoms. The molecule has 0 unspecified atom stereocenters. The van der Waals surface area contributed by atoms with Crippen LogP contribution in [0.4, 0.5) is 11.4 Å². The van der Waals surface area contributed by atoms with Gasteiger partial charge in [0.05, 0.1) is 18.4 Å². The monoisotopic (exact) mass is 377 g/mol. The van der Waals surface area contributed by atoms with Crippen LogP contribution < -0.4 is 15.8 Å². The molecule has 0 bridgehead atoms. The van der Waals surface area contributed by atoms with E-state index in [0.29, 0.717) is 23.2 Å². The Balaban J connectivity index is 0.00000243. The minimum absolute atomic E-state index is 0. The second kappa shape index (κ2) is 8.49. The summed E-state index contributed by atoms with van der Waals surface area (Å²) in [6.07, 6.45) is 6.27. The molecule has 1 aromatic carbocycles. The van der Waals surface area contributed by atoms with E-state index in [9.17, 15) is 4.79 Å². The topological polar surface area (TPSA) is 69.3 Å². The minimum Gasteiger partial charge on any atom is -0.495 e. The number of methoxy groups -OCH3 is 1. The molecule has 0 aliphatic heterocycles. The molecule has 3 N–H and O–H groups in total. The molecule has 142 valence electrons. The van der Waals surface area contributed by atoms with E-state index in [1.54, 1.807) is 25.3 Å². The fraction of sp³-hybridized carbons (Fsp3) is 0.450. The predicted molar refractivity (Wildman–Crippen MR) is 109 cm³/mol. The smallest absolute Gasteiger partial charge is 0.257 e. The van der Waals surface area contributed by atoms with Gasteiger partial charge >= 0.3 is 0 Å². The lowest BCUT2D eigenvalue weighted by Gasteiger charge is -2.26. The molecule has 0 radical (unpaired) electrons. The van der Waals surface area contributed by atoms with Crippen LogP contribution in [0.2, 0.25) is 0 Å². The van der Waals surface area contributed by atoms with Crippen molar-refractivity contribution < 1.29 is 9.53 Å². The summed E-state index contributed by atoms with van der Waals surface area (Å²) in [6.45, 7) is 4.13. The fourth-order valence-corrected chi connectivity index (χ4v) is 3.92. The number of aromatic nitrogens is 1. The zero-order valence-electron chi connectivity index (χ0n) is 15.7. The Hall–Kier alpha value is -2.14. The van der Waals surface area contributed by atoms with E-state index in [1.807, 2.05) is 13.0 Å². The lowest BCUT2D eigenvalue weighted by molar-refractivity contribution is 0.102. The van der Waals surface area contributed by atoms with Gasteiger partial charge in [0.25, 0.3) is 5.91 Å². The third-order valence-electron chi connectivity index (χ3n) is 5.16. The number of anilines is 2. The maximum absolute atomic E-state index is 12.8. The van der Waals surface area contributed by atoms with E-state index in [1.165, 1.54) is 32.1 Å². The van der Waals surface area contributed by atoms with Crippen LogP contribution in [0.5, 0.6) is 5.75 Å². The highest BCUT2D eigenvalue weighted by molar-refractivity contribution is 6.05. The molecule has 1 aliphatic carbocycles. The fourth-order valence-electron chi connectivity index (χ4n) is 3.92. The number of carbonyl (C=O) groups excluding carboxylic acids is 1. The number of halogens is 1. The number of hydrogen-bond donors (Lipinski definition) is 2. The van der Waals surface area contributed by atoms with E-state index >= 15 is 0 Å². The average molecular weight is 378 g/mol. The normalized spacial score (nSPS) is 14.6. The first kappa shape index (κ1) is 20.2. The Kier molecular flexibility index (Phi) is 6.59. The van der Waals surface area contributed by atoms with Gasteiger partial charge in [0, 0.05) is 23.1 Å². The summed E-state index contributed by atoms with van der Waals surface area (Å²) in [6, 6.07) is 7.79. The van der Waals surface area contributed by atoms with Crippen molar-refractivity contribution in [3.8, 4) is 5.75 Å². The van der Waals surface area contributed by atoms with Crippen LogP contribution in [0.25, 0.3) is 0 Å². The molecule has 0 saturated heterocycles. The van der Waals surface area contributed by atoms with Crippen molar-refractivity contribution in [1.82, 2.24) is 4.57 Å². The zero-order chi connectivity index (χ0) is 18.0. The highest BCUT2D eigenvalue weighted by Crippen LogP contribution is 2.32. The van der Waals surface area contributed by atoms with Gasteiger partial charge in [-0.25, -0.2) is 0 Å². The summed E-state index contributed by atoms with van der Waals surface area (Å²) in [7, 11) is 1.57. The van der Waals surface area contributed by atoms with Crippen LogP contribution in [0.3, 0.4) is 0 Å². The number of carbonyl (C=O) groups is 1. The van der Waals surface area contributed by atoms with Crippen LogP contribution in [0.1, 0.15) is 59.9 Å². The van der Waals surface area contributed by atoms with Gasteiger partial charge in [-0.05, 0) is 51.0 Å². The van der Waals surface area contributed by atoms with Gasteiger partial charge in [-0.15, -0.1) is 12.4 Å². The first-order valence-electron chi connectivity index (χ1n) is 8.94. The molecular weight excluding hydrogens is 350 g/mol. The molecule has 1 heterocycles. The highest BCUT2D eigenvalue weighted by Gasteiger charge is 2.22. The van der Waals surface area contributed by atoms with Crippen molar-refractivity contribution in [2.75, 3.05) is 18.2 Å². The van der Waals surface area contributed by atoms with Crippen molar-refractivity contribution in [3.63, 3.8) is 0 Å². The predicted octanol–water partition coefficient (Wildman–Crippen LogP) is 4.88. The highest BCUT2D eigenvalue weighted by atomic mass is 35.5. The largest absolute Gasteiger partial charge is 0.495 e. The van der Waals surface area contributed by atoms with E-state index in [0.717, 1.165) is 17.0 Å².